The van der Waals surface area contributed by atoms with E-state index in [4.69, 9.17) is 0 Å². The molecular weight excluding hydrogens is 200 g/mol. The number of rotatable bonds is 4. The van der Waals surface area contributed by atoms with Gasteiger partial charge in [-0.2, -0.15) is 0 Å². The lowest BCUT2D eigenvalue weighted by Gasteiger charge is -2.23. The van der Waals surface area contributed by atoms with Crippen LogP contribution in [0, 0.1) is 17.8 Å². The second kappa shape index (κ2) is 3.00. The number of nitrogens with one attached hydrogen (secondary N) is 1. The minimum atomic E-state index is -0.0857. The van der Waals surface area contributed by atoms with Crippen molar-refractivity contribution in [3.8, 4) is 0 Å². The van der Waals surface area contributed by atoms with Crippen molar-refractivity contribution in [3.05, 3.63) is 0 Å². The molecule has 4 rings (SSSR count). The molecule has 3 heteroatoms. The van der Waals surface area contributed by atoms with Crippen LogP contribution in [0.3, 0.4) is 0 Å². The maximum atomic E-state index is 12.2. The fourth-order valence-corrected chi connectivity index (χ4v) is 3.35. The van der Waals surface area contributed by atoms with Gasteiger partial charge in [0, 0.05) is 6.54 Å². The van der Waals surface area contributed by atoms with Gasteiger partial charge in [0.15, 0.2) is 0 Å². The van der Waals surface area contributed by atoms with E-state index in [-0.39, 0.29) is 5.54 Å². The Labute approximate surface area is 96.6 Å². The van der Waals surface area contributed by atoms with E-state index in [9.17, 15) is 4.79 Å². The Morgan fingerprint density at radius 1 is 1.25 bits per heavy atom. The van der Waals surface area contributed by atoms with Crippen molar-refractivity contribution < 1.29 is 4.79 Å². The summed E-state index contributed by atoms with van der Waals surface area (Å²) in [5.41, 5.74) is -0.0857. The van der Waals surface area contributed by atoms with Crippen LogP contribution < -0.4 is 5.32 Å². The molecule has 88 valence electrons. The molecular formula is C13H20N2O. The Hall–Kier alpha value is -0.570. The molecule has 0 atom stereocenters. The second-order valence-electron chi connectivity index (χ2n) is 6.28. The predicted molar refractivity (Wildman–Crippen MR) is 60.6 cm³/mol. The standard InChI is InChI=1S/C13H20N2O/c16-12-13(5-6-13)14-8-15(12)7-11(9-1-2-9)10-3-4-10/h9-11,14H,1-8H2. The van der Waals surface area contributed by atoms with Gasteiger partial charge in [0.1, 0.15) is 0 Å². The summed E-state index contributed by atoms with van der Waals surface area (Å²) in [4.78, 5) is 14.3. The van der Waals surface area contributed by atoms with Crippen LogP contribution in [-0.4, -0.2) is 29.6 Å². The summed E-state index contributed by atoms with van der Waals surface area (Å²) in [6, 6.07) is 0. The lowest BCUT2D eigenvalue weighted by molar-refractivity contribution is -0.130. The van der Waals surface area contributed by atoms with Gasteiger partial charge in [0.2, 0.25) is 5.91 Å². The molecule has 1 amide bonds. The number of hydrogen-bond acceptors (Lipinski definition) is 2. The fraction of sp³-hybridized carbons (Fsp3) is 0.923. The lowest BCUT2D eigenvalue weighted by atomic mass is 9.97. The Kier molecular flexibility index (Phi) is 1.78. The molecule has 0 radical (unpaired) electrons. The van der Waals surface area contributed by atoms with Gasteiger partial charge >= 0.3 is 0 Å². The summed E-state index contributed by atoms with van der Waals surface area (Å²) in [7, 11) is 0. The molecule has 0 aromatic rings. The third-order valence-corrected chi connectivity index (χ3v) is 4.94. The summed E-state index contributed by atoms with van der Waals surface area (Å²) in [5, 5.41) is 3.41. The van der Waals surface area contributed by atoms with Crippen LogP contribution in [0.15, 0.2) is 0 Å². The molecule has 3 aliphatic carbocycles. The molecule has 1 aliphatic heterocycles. The first kappa shape index (κ1) is 9.46. The highest BCUT2D eigenvalue weighted by Crippen LogP contribution is 2.50. The predicted octanol–water partition coefficient (Wildman–Crippen LogP) is 1.34. The van der Waals surface area contributed by atoms with Gasteiger partial charge in [-0.3, -0.25) is 10.1 Å². The molecule has 1 N–H and O–H groups in total. The maximum absolute atomic E-state index is 12.2. The summed E-state index contributed by atoms with van der Waals surface area (Å²) in [5.74, 6) is 3.14. The summed E-state index contributed by atoms with van der Waals surface area (Å²) < 4.78 is 0. The molecule has 0 bridgehead atoms. The maximum Gasteiger partial charge on any atom is 0.243 e. The first-order valence-corrected chi connectivity index (χ1v) is 6.83. The van der Waals surface area contributed by atoms with Gasteiger partial charge in [-0.05, 0) is 56.3 Å². The largest absolute Gasteiger partial charge is 0.328 e. The fourth-order valence-electron chi connectivity index (χ4n) is 3.35. The molecule has 1 spiro atoms. The van der Waals surface area contributed by atoms with Crippen molar-refractivity contribution in [2.75, 3.05) is 13.2 Å². The van der Waals surface area contributed by atoms with Crippen LogP contribution >= 0.6 is 0 Å². The first-order valence-electron chi connectivity index (χ1n) is 6.83. The van der Waals surface area contributed by atoms with Crippen molar-refractivity contribution >= 4 is 5.91 Å². The van der Waals surface area contributed by atoms with Gasteiger partial charge in [-0.1, -0.05) is 0 Å². The van der Waals surface area contributed by atoms with Gasteiger partial charge in [0.25, 0.3) is 0 Å². The van der Waals surface area contributed by atoms with E-state index in [1.54, 1.807) is 0 Å². The second-order valence-corrected chi connectivity index (χ2v) is 6.28. The normalized spacial score (nSPS) is 31.8. The van der Waals surface area contributed by atoms with Crippen molar-refractivity contribution in [1.82, 2.24) is 10.2 Å². The van der Waals surface area contributed by atoms with Crippen LogP contribution in [0.25, 0.3) is 0 Å². The van der Waals surface area contributed by atoms with Crippen molar-refractivity contribution in [1.29, 1.82) is 0 Å². The molecule has 1 saturated heterocycles. The summed E-state index contributed by atoms with van der Waals surface area (Å²) >= 11 is 0. The van der Waals surface area contributed by atoms with E-state index in [1.165, 1.54) is 25.7 Å². The van der Waals surface area contributed by atoms with Crippen LogP contribution in [0.4, 0.5) is 0 Å². The van der Waals surface area contributed by atoms with E-state index in [0.717, 1.165) is 43.8 Å². The molecule has 1 heterocycles. The first-order chi connectivity index (χ1) is 7.78. The number of nitrogens with zero attached hydrogens (tertiary/aromatic N) is 1. The Balaban J connectivity index is 1.44. The van der Waals surface area contributed by atoms with E-state index >= 15 is 0 Å². The van der Waals surface area contributed by atoms with Crippen molar-refractivity contribution in [2.24, 2.45) is 17.8 Å². The monoisotopic (exact) mass is 220 g/mol. The Morgan fingerprint density at radius 3 is 2.31 bits per heavy atom. The molecule has 0 aromatic heterocycles. The number of hydrogen-bond donors (Lipinski definition) is 1. The quantitative estimate of drug-likeness (QED) is 0.775. The van der Waals surface area contributed by atoms with Crippen LogP contribution in [0.5, 0.6) is 0 Å². The van der Waals surface area contributed by atoms with E-state index < -0.39 is 0 Å². The van der Waals surface area contributed by atoms with Crippen LogP contribution in [0.2, 0.25) is 0 Å². The molecule has 0 unspecified atom stereocenters. The molecule has 0 aromatic carbocycles. The highest BCUT2D eigenvalue weighted by Gasteiger charge is 2.56. The molecule has 4 fully saturated rings. The zero-order chi connectivity index (χ0) is 10.8. The van der Waals surface area contributed by atoms with Gasteiger partial charge in [-0.15, -0.1) is 0 Å². The van der Waals surface area contributed by atoms with Gasteiger partial charge in [-0.25, -0.2) is 0 Å². The van der Waals surface area contributed by atoms with E-state index in [0.29, 0.717) is 5.91 Å². The molecule has 3 saturated carbocycles. The third kappa shape index (κ3) is 1.41. The summed E-state index contributed by atoms with van der Waals surface area (Å²) in [6.45, 7) is 1.86. The number of carbonyl (C=O) groups is 1. The minimum absolute atomic E-state index is 0.0857. The third-order valence-electron chi connectivity index (χ3n) is 4.94. The van der Waals surface area contributed by atoms with E-state index in [2.05, 4.69) is 10.2 Å². The topological polar surface area (TPSA) is 32.3 Å². The molecule has 3 nitrogen and oxygen atoms in total. The van der Waals surface area contributed by atoms with Gasteiger partial charge in [0.05, 0.1) is 12.2 Å². The van der Waals surface area contributed by atoms with Crippen molar-refractivity contribution in [3.63, 3.8) is 0 Å². The van der Waals surface area contributed by atoms with E-state index in [1.807, 2.05) is 0 Å². The highest BCUT2D eigenvalue weighted by atomic mass is 16.2. The zero-order valence-electron chi connectivity index (χ0n) is 9.74. The Morgan fingerprint density at radius 2 is 1.88 bits per heavy atom. The van der Waals surface area contributed by atoms with Gasteiger partial charge < -0.3 is 4.90 Å². The average molecular weight is 220 g/mol. The van der Waals surface area contributed by atoms with Crippen molar-refractivity contribution in [2.45, 2.75) is 44.1 Å². The highest BCUT2D eigenvalue weighted by molar-refractivity contribution is 5.91. The van der Waals surface area contributed by atoms with Crippen LogP contribution in [-0.2, 0) is 4.79 Å². The SMILES string of the molecule is O=C1N(CC(C2CC2)C2CC2)CNC12CC2. The molecule has 16 heavy (non-hydrogen) atoms. The van der Waals surface area contributed by atoms with Crippen LogP contribution in [0.1, 0.15) is 38.5 Å². The molecule has 4 aliphatic rings. The number of amides is 1. The average Bonchev–Trinajstić information content (AvgIpc) is 3.11. The lowest BCUT2D eigenvalue weighted by Crippen LogP contribution is -2.36. The zero-order valence-corrected chi connectivity index (χ0v) is 9.74. The minimum Gasteiger partial charge on any atom is -0.328 e. The Bertz CT molecular complexity index is 317. The summed E-state index contributed by atoms with van der Waals surface area (Å²) in [6.07, 6.45) is 7.81. The smallest absolute Gasteiger partial charge is 0.243 e. The number of carbonyl (C=O) groups excluding carboxylic acids is 1.